The fourth-order valence-electron chi connectivity index (χ4n) is 3.61. The maximum atomic E-state index is 6.17. The topological polar surface area (TPSA) is 26.0 Å². The van der Waals surface area contributed by atoms with E-state index >= 15 is 0 Å². The highest BCUT2D eigenvalue weighted by molar-refractivity contribution is 5.99. The zero-order valence-corrected chi connectivity index (χ0v) is 16.2. The van der Waals surface area contributed by atoms with Crippen molar-refractivity contribution < 1.29 is 0 Å². The van der Waals surface area contributed by atoms with Crippen LogP contribution in [0.5, 0.6) is 0 Å². The summed E-state index contributed by atoms with van der Waals surface area (Å²) in [6.45, 7) is 6.74. The Bertz CT molecular complexity index is 1100. The van der Waals surface area contributed by atoms with Crippen LogP contribution < -0.4 is 5.73 Å². The monoisotopic (exact) mass is 351 g/mol. The highest BCUT2D eigenvalue weighted by atomic mass is 14.6. The Hall–Kier alpha value is -3.06. The number of anilines is 1. The van der Waals surface area contributed by atoms with Gasteiger partial charge in [-0.1, -0.05) is 93.6 Å². The normalized spacial score (nSPS) is 11.7. The van der Waals surface area contributed by atoms with Gasteiger partial charge in [0.05, 0.1) is 0 Å². The highest BCUT2D eigenvalue weighted by Gasteiger charge is 2.13. The predicted molar refractivity (Wildman–Crippen MR) is 118 cm³/mol. The van der Waals surface area contributed by atoms with Gasteiger partial charge in [-0.15, -0.1) is 0 Å². The van der Waals surface area contributed by atoms with Crippen LogP contribution in [0.15, 0.2) is 84.9 Å². The van der Waals surface area contributed by atoms with Crippen LogP contribution in [-0.2, 0) is 5.41 Å². The van der Waals surface area contributed by atoms with Crippen molar-refractivity contribution >= 4 is 16.5 Å². The van der Waals surface area contributed by atoms with Crippen LogP contribution in [0, 0.1) is 0 Å². The largest absolute Gasteiger partial charge is 0.398 e. The van der Waals surface area contributed by atoms with E-state index in [1.54, 1.807) is 0 Å². The SMILES string of the molecule is CC(C)(C)c1ccc(-c2cccc3cc(-c4ccccc4N)ccc23)cc1. The summed E-state index contributed by atoms with van der Waals surface area (Å²) in [5.74, 6) is 0. The van der Waals surface area contributed by atoms with Gasteiger partial charge < -0.3 is 5.73 Å². The third-order valence-electron chi connectivity index (χ3n) is 5.21. The van der Waals surface area contributed by atoms with Crippen LogP contribution in [-0.4, -0.2) is 0 Å². The van der Waals surface area contributed by atoms with Gasteiger partial charge in [0, 0.05) is 11.3 Å². The summed E-state index contributed by atoms with van der Waals surface area (Å²) in [6.07, 6.45) is 0. The van der Waals surface area contributed by atoms with Gasteiger partial charge >= 0.3 is 0 Å². The summed E-state index contributed by atoms with van der Waals surface area (Å²) in [6, 6.07) is 30.1. The summed E-state index contributed by atoms with van der Waals surface area (Å²) >= 11 is 0. The molecule has 0 saturated carbocycles. The summed E-state index contributed by atoms with van der Waals surface area (Å²) in [5, 5.41) is 2.49. The number of hydrogen-bond acceptors (Lipinski definition) is 1. The molecule has 0 bridgehead atoms. The molecule has 4 rings (SSSR count). The molecule has 134 valence electrons. The molecule has 0 amide bonds. The molecule has 0 aliphatic carbocycles. The number of para-hydroxylation sites is 1. The van der Waals surface area contributed by atoms with Gasteiger partial charge in [0.2, 0.25) is 0 Å². The van der Waals surface area contributed by atoms with Crippen LogP contribution >= 0.6 is 0 Å². The van der Waals surface area contributed by atoms with Gasteiger partial charge in [-0.3, -0.25) is 0 Å². The van der Waals surface area contributed by atoms with E-state index in [0.717, 1.165) is 16.8 Å². The quantitative estimate of drug-likeness (QED) is 0.385. The summed E-state index contributed by atoms with van der Waals surface area (Å²) < 4.78 is 0. The Labute approximate surface area is 161 Å². The maximum absolute atomic E-state index is 6.17. The lowest BCUT2D eigenvalue weighted by molar-refractivity contribution is 0.590. The van der Waals surface area contributed by atoms with Gasteiger partial charge in [-0.05, 0) is 50.6 Å². The minimum Gasteiger partial charge on any atom is -0.398 e. The van der Waals surface area contributed by atoms with Crippen LogP contribution in [0.1, 0.15) is 26.3 Å². The van der Waals surface area contributed by atoms with E-state index in [1.165, 1.54) is 27.5 Å². The van der Waals surface area contributed by atoms with Crippen molar-refractivity contribution in [3.8, 4) is 22.3 Å². The van der Waals surface area contributed by atoms with Gasteiger partial charge in [-0.2, -0.15) is 0 Å². The molecular weight excluding hydrogens is 326 g/mol. The molecule has 0 aromatic heterocycles. The lowest BCUT2D eigenvalue weighted by Crippen LogP contribution is -2.10. The Morgan fingerprint density at radius 3 is 2.00 bits per heavy atom. The van der Waals surface area contributed by atoms with E-state index in [4.69, 9.17) is 5.73 Å². The van der Waals surface area contributed by atoms with Crippen LogP contribution in [0.25, 0.3) is 33.0 Å². The summed E-state index contributed by atoms with van der Waals surface area (Å²) in [4.78, 5) is 0. The van der Waals surface area contributed by atoms with E-state index in [9.17, 15) is 0 Å². The first-order chi connectivity index (χ1) is 12.9. The molecule has 0 saturated heterocycles. The van der Waals surface area contributed by atoms with Crippen molar-refractivity contribution in [3.63, 3.8) is 0 Å². The van der Waals surface area contributed by atoms with Crippen molar-refractivity contribution in [1.29, 1.82) is 0 Å². The molecule has 0 spiro atoms. The lowest BCUT2D eigenvalue weighted by atomic mass is 9.86. The number of fused-ring (bicyclic) bond motifs is 1. The molecule has 0 atom stereocenters. The van der Waals surface area contributed by atoms with E-state index in [2.05, 4.69) is 87.5 Å². The van der Waals surface area contributed by atoms with Gasteiger partial charge in [0.15, 0.2) is 0 Å². The number of hydrogen-bond donors (Lipinski definition) is 1. The predicted octanol–water partition coefficient (Wildman–Crippen LogP) is 7.05. The highest BCUT2D eigenvalue weighted by Crippen LogP contribution is 2.34. The molecule has 2 N–H and O–H groups in total. The Morgan fingerprint density at radius 2 is 1.30 bits per heavy atom. The first-order valence-electron chi connectivity index (χ1n) is 9.42. The molecule has 0 aliphatic rings. The molecule has 0 radical (unpaired) electrons. The first kappa shape index (κ1) is 17.4. The second kappa shape index (κ2) is 6.59. The smallest absolute Gasteiger partial charge is 0.0393 e. The average Bonchev–Trinajstić information content (AvgIpc) is 2.67. The minimum absolute atomic E-state index is 0.168. The summed E-state index contributed by atoms with van der Waals surface area (Å²) in [7, 11) is 0. The fraction of sp³-hybridized carbons (Fsp3) is 0.154. The Morgan fingerprint density at radius 1 is 0.630 bits per heavy atom. The number of nitrogen functional groups attached to an aromatic ring is 1. The van der Waals surface area contributed by atoms with Crippen molar-refractivity contribution in [3.05, 3.63) is 90.5 Å². The zero-order chi connectivity index (χ0) is 19.0. The van der Waals surface area contributed by atoms with Crippen molar-refractivity contribution in [2.24, 2.45) is 0 Å². The average molecular weight is 351 g/mol. The second-order valence-corrected chi connectivity index (χ2v) is 8.16. The number of nitrogens with two attached hydrogens (primary N) is 1. The third-order valence-corrected chi connectivity index (χ3v) is 5.21. The zero-order valence-electron chi connectivity index (χ0n) is 16.2. The molecule has 27 heavy (non-hydrogen) atoms. The van der Waals surface area contributed by atoms with Gasteiger partial charge in [-0.25, -0.2) is 0 Å². The number of rotatable bonds is 2. The molecule has 1 heteroatoms. The van der Waals surface area contributed by atoms with E-state index < -0.39 is 0 Å². The minimum atomic E-state index is 0.168. The lowest BCUT2D eigenvalue weighted by Gasteiger charge is -2.19. The van der Waals surface area contributed by atoms with Gasteiger partial charge in [0.1, 0.15) is 0 Å². The second-order valence-electron chi connectivity index (χ2n) is 8.16. The molecule has 0 heterocycles. The molecule has 0 aliphatic heterocycles. The molecule has 4 aromatic carbocycles. The van der Waals surface area contributed by atoms with Crippen LogP contribution in [0.4, 0.5) is 5.69 Å². The van der Waals surface area contributed by atoms with Crippen molar-refractivity contribution in [2.45, 2.75) is 26.2 Å². The molecule has 0 fully saturated rings. The van der Waals surface area contributed by atoms with Crippen molar-refractivity contribution in [1.82, 2.24) is 0 Å². The third kappa shape index (κ3) is 3.33. The molecule has 1 nitrogen and oxygen atoms in total. The molecule has 4 aromatic rings. The molecular formula is C26H25N. The standard InChI is InChI=1S/C26H25N/c1-26(2,3)21-14-11-18(12-15-21)22-9-6-7-19-17-20(13-16-23(19)22)24-8-4-5-10-25(24)27/h4-17H,27H2,1-3H3. The van der Waals surface area contributed by atoms with E-state index in [-0.39, 0.29) is 5.41 Å². The van der Waals surface area contributed by atoms with Crippen LogP contribution in [0.3, 0.4) is 0 Å². The van der Waals surface area contributed by atoms with E-state index in [1.807, 2.05) is 18.2 Å². The van der Waals surface area contributed by atoms with Crippen molar-refractivity contribution in [2.75, 3.05) is 5.73 Å². The maximum Gasteiger partial charge on any atom is 0.0393 e. The Kier molecular flexibility index (Phi) is 4.24. The summed E-state index contributed by atoms with van der Waals surface area (Å²) in [5.41, 5.74) is 13.3. The van der Waals surface area contributed by atoms with Gasteiger partial charge in [0.25, 0.3) is 0 Å². The van der Waals surface area contributed by atoms with Crippen LogP contribution in [0.2, 0.25) is 0 Å². The Balaban J connectivity index is 1.80. The molecule has 0 unspecified atom stereocenters. The number of benzene rings is 4. The van der Waals surface area contributed by atoms with E-state index in [0.29, 0.717) is 0 Å². The fourth-order valence-corrected chi connectivity index (χ4v) is 3.61. The first-order valence-corrected chi connectivity index (χ1v) is 9.42.